The highest BCUT2D eigenvalue weighted by Crippen LogP contribution is 2.23. The Labute approximate surface area is 122 Å². The zero-order chi connectivity index (χ0) is 14.4. The fourth-order valence-corrected chi connectivity index (χ4v) is 2.34. The van der Waals surface area contributed by atoms with Gasteiger partial charge in [0, 0.05) is 0 Å². The van der Waals surface area contributed by atoms with E-state index in [-0.39, 0.29) is 0 Å². The van der Waals surface area contributed by atoms with Crippen molar-refractivity contribution in [2.24, 2.45) is 0 Å². The van der Waals surface area contributed by atoms with Crippen molar-refractivity contribution >= 4 is 0 Å². The molecule has 0 aliphatic rings. The SMILES string of the molecule is CCC[C@@H](C)c1ccc(OCc2ccc(C)cc2)cc1. The van der Waals surface area contributed by atoms with Crippen molar-refractivity contribution in [1.82, 2.24) is 0 Å². The number of hydrogen-bond donors (Lipinski definition) is 0. The Balaban J connectivity index is 1.92. The molecule has 0 aromatic heterocycles. The molecule has 106 valence electrons. The van der Waals surface area contributed by atoms with Gasteiger partial charge in [-0.15, -0.1) is 0 Å². The highest BCUT2D eigenvalue weighted by molar-refractivity contribution is 5.29. The molecule has 0 radical (unpaired) electrons. The largest absolute Gasteiger partial charge is 0.489 e. The summed E-state index contributed by atoms with van der Waals surface area (Å²) in [6, 6.07) is 17.0. The van der Waals surface area contributed by atoms with Gasteiger partial charge in [-0.2, -0.15) is 0 Å². The van der Waals surface area contributed by atoms with Crippen molar-refractivity contribution in [2.75, 3.05) is 0 Å². The van der Waals surface area contributed by atoms with Gasteiger partial charge in [0.05, 0.1) is 0 Å². The molecule has 0 amide bonds. The van der Waals surface area contributed by atoms with E-state index in [0.29, 0.717) is 12.5 Å². The minimum atomic E-state index is 0.629. The van der Waals surface area contributed by atoms with Crippen LogP contribution in [0.5, 0.6) is 5.75 Å². The molecule has 0 N–H and O–H groups in total. The second-order valence-corrected chi connectivity index (χ2v) is 5.53. The van der Waals surface area contributed by atoms with Gasteiger partial charge in [0.15, 0.2) is 0 Å². The number of hydrogen-bond acceptors (Lipinski definition) is 1. The van der Waals surface area contributed by atoms with E-state index < -0.39 is 0 Å². The molecule has 1 atom stereocenters. The number of benzene rings is 2. The topological polar surface area (TPSA) is 9.23 Å². The Morgan fingerprint density at radius 2 is 1.60 bits per heavy atom. The summed E-state index contributed by atoms with van der Waals surface area (Å²) in [7, 11) is 0. The van der Waals surface area contributed by atoms with E-state index in [1.165, 1.54) is 29.5 Å². The highest BCUT2D eigenvalue weighted by Gasteiger charge is 2.04. The molecule has 0 fully saturated rings. The molecule has 0 heterocycles. The van der Waals surface area contributed by atoms with Gasteiger partial charge in [-0.05, 0) is 42.5 Å². The maximum atomic E-state index is 5.83. The predicted octanol–water partition coefficient (Wildman–Crippen LogP) is 5.48. The lowest BCUT2D eigenvalue weighted by atomic mass is 9.97. The van der Waals surface area contributed by atoms with E-state index in [0.717, 1.165) is 5.75 Å². The molecule has 0 saturated carbocycles. The molecule has 0 aliphatic heterocycles. The summed E-state index contributed by atoms with van der Waals surface area (Å²) in [6.45, 7) is 7.24. The van der Waals surface area contributed by atoms with Crippen LogP contribution in [0.15, 0.2) is 48.5 Å². The molecular weight excluding hydrogens is 244 g/mol. The normalized spacial score (nSPS) is 12.2. The molecular formula is C19H24O. The summed E-state index contributed by atoms with van der Waals surface area (Å²) in [5.74, 6) is 1.57. The molecule has 0 saturated heterocycles. The molecule has 0 bridgehead atoms. The van der Waals surface area contributed by atoms with Gasteiger partial charge < -0.3 is 4.74 Å². The fourth-order valence-electron chi connectivity index (χ4n) is 2.34. The van der Waals surface area contributed by atoms with E-state index in [1.807, 2.05) is 0 Å². The van der Waals surface area contributed by atoms with Crippen LogP contribution in [0.2, 0.25) is 0 Å². The van der Waals surface area contributed by atoms with E-state index in [9.17, 15) is 0 Å². The van der Waals surface area contributed by atoms with E-state index in [4.69, 9.17) is 4.74 Å². The first-order chi connectivity index (χ1) is 9.69. The van der Waals surface area contributed by atoms with Crippen LogP contribution in [0, 0.1) is 6.92 Å². The lowest BCUT2D eigenvalue weighted by Gasteiger charge is -2.12. The second kappa shape index (κ2) is 7.14. The summed E-state index contributed by atoms with van der Waals surface area (Å²) < 4.78 is 5.83. The molecule has 2 aromatic rings. The van der Waals surface area contributed by atoms with E-state index in [2.05, 4.69) is 69.3 Å². The average Bonchev–Trinajstić information content (AvgIpc) is 2.47. The summed E-state index contributed by atoms with van der Waals surface area (Å²) in [6.07, 6.45) is 2.47. The first-order valence-corrected chi connectivity index (χ1v) is 7.47. The third-order valence-corrected chi connectivity index (χ3v) is 3.70. The first-order valence-electron chi connectivity index (χ1n) is 7.47. The van der Waals surface area contributed by atoms with Gasteiger partial charge >= 0.3 is 0 Å². The molecule has 0 aliphatic carbocycles. The van der Waals surface area contributed by atoms with Gasteiger partial charge in [0.25, 0.3) is 0 Å². The van der Waals surface area contributed by atoms with Crippen LogP contribution < -0.4 is 4.74 Å². The van der Waals surface area contributed by atoms with Crippen LogP contribution in [0.25, 0.3) is 0 Å². The average molecular weight is 268 g/mol. The van der Waals surface area contributed by atoms with E-state index in [1.54, 1.807) is 0 Å². The quantitative estimate of drug-likeness (QED) is 0.674. The first kappa shape index (κ1) is 14.6. The summed E-state index contributed by atoms with van der Waals surface area (Å²) in [5.41, 5.74) is 3.89. The summed E-state index contributed by atoms with van der Waals surface area (Å²) in [4.78, 5) is 0. The molecule has 2 rings (SSSR count). The summed E-state index contributed by atoms with van der Waals surface area (Å²) in [5, 5.41) is 0. The smallest absolute Gasteiger partial charge is 0.119 e. The van der Waals surface area contributed by atoms with Crippen LogP contribution >= 0.6 is 0 Å². The third-order valence-electron chi connectivity index (χ3n) is 3.70. The zero-order valence-electron chi connectivity index (χ0n) is 12.7. The van der Waals surface area contributed by atoms with Crippen LogP contribution in [0.4, 0.5) is 0 Å². The third kappa shape index (κ3) is 4.12. The molecule has 2 aromatic carbocycles. The van der Waals surface area contributed by atoms with Gasteiger partial charge in [-0.1, -0.05) is 62.2 Å². The monoisotopic (exact) mass is 268 g/mol. The molecule has 0 unspecified atom stereocenters. The maximum absolute atomic E-state index is 5.83. The van der Waals surface area contributed by atoms with Crippen LogP contribution in [-0.4, -0.2) is 0 Å². The maximum Gasteiger partial charge on any atom is 0.119 e. The number of aryl methyl sites for hydroxylation is 1. The Bertz CT molecular complexity index is 510. The van der Waals surface area contributed by atoms with Crippen molar-refractivity contribution in [3.63, 3.8) is 0 Å². The Morgan fingerprint density at radius 1 is 0.950 bits per heavy atom. The Kier molecular flexibility index (Phi) is 5.23. The Hall–Kier alpha value is -1.76. The minimum absolute atomic E-state index is 0.629. The van der Waals surface area contributed by atoms with Gasteiger partial charge in [-0.3, -0.25) is 0 Å². The van der Waals surface area contributed by atoms with Crippen molar-refractivity contribution in [1.29, 1.82) is 0 Å². The lowest BCUT2D eigenvalue weighted by molar-refractivity contribution is 0.306. The van der Waals surface area contributed by atoms with Crippen LogP contribution in [-0.2, 0) is 6.61 Å². The zero-order valence-corrected chi connectivity index (χ0v) is 12.7. The second-order valence-electron chi connectivity index (χ2n) is 5.53. The minimum Gasteiger partial charge on any atom is -0.489 e. The Morgan fingerprint density at radius 3 is 2.20 bits per heavy atom. The number of ether oxygens (including phenoxy) is 1. The number of rotatable bonds is 6. The molecule has 0 spiro atoms. The van der Waals surface area contributed by atoms with Crippen molar-refractivity contribution in [2.45, 2.75) is 46.1 Å². The lowest BCUT2D eigenvalue weighted by Crippen LogP contribution is -1.96. The standard InChI is InChI=1S/C19H24O/c1-4-5-16(3)18-10-12-19(13-11-18)20-14-17-8-6-15(2)7-9-17/h6-13,16H,4-5,14H2,1-3H3/t16-/m1/s1. The van der Waals surface area contributed by atoms with Crippen molar-refractivity contribution < 1.29 is 4.74 Å². The van der Waals surface area contributed by atoms with Crippen molar-refractivity contribution in [3.05, 3.63) is 65.2 Å². The van der Waals surface area contributed by atoms with Gasteiger partial charge in [-0.25, -0.2) is 0 Å². The summed E-state index contributed by atoms with van der Waals surface area (Å²) >= 11 is 0. The van der Waals surface area contributed by atoms with Gasteiger partial charge in [0.2, 0.25) is 0 Å². The van der Waals surface area contributed by atoms with Gasteiger partial charge in [0.1, 0.15) is 12.4 Å². The fraction of sp³-hybridized carbons (Fsp3) is 0.368. The molecule has 1 nitrogen and oxygen atoms in total. The molecule has 20 heavy (non-hydrogen) atoms. The van der Waals surface area contributed by atoms with E-state index >= 15 is 0 Å². The highest BCUT2D eigenvalue weighted by atomic mass is 16.5. The molecule has 1 heteroatoms. The van der Waals surface area contributed by atoms with Crippen LogP contribution in [0.3, 0.4) is 0 Å². The predicted molar refractivity (Wildman–Crippen MR) is 85.3 cm³/mol. The van der Waals surface area contributed by atoms with Crippen LogP contribution in [0.1, 0.15) is 49.3 Å². The van der Waals surface area contributed by atoms with Crippen molar-refractivity contribution in [3.8, 4) is 5.75 Å².